The Kier molecular flexibility index (Phi) is 3.15. The summed E-state index contributed by atoms with van der Waals surface area (Å²) in [5, 5.41) is 15.2. The summed E-state index contributed by atoms with van der Waals surface area (Å²) in [5.74, 6) is -0.515. The number of imidazole rings is 1. The van der Waals surface area contributed by atoms with Crippen molar-refractivity contribution in [1.82, 2.24) is 19.2 Å². The highest BCUT2D eigenvalue weighted by molar-refractivity contribution is 7.15. The molecule has 104 valence electrons. The van der Waals surface area contributed by atoms with E-state index in [0.717, 1.165) is 13.0 Å². The summed E-state index contributed by atoms with van der Waals surface area (Å²) in [7, 11) is 0. The highest BCUT2D eigenvalue weighted by atomic mass is 32.1. The summed E-state index contributed by atoms with van der Waals surface area (Å²) in [6.07, 6.45) is 5.89. The first-order valence-electron chi connectivity index (χ1n) is 6.08. The lowest BCUT2D eigenvalue weighted by molar-refractivity contribution is 0.0686. The molecule has 0 amide bonds. The number of hydrogen-bond donors (Lipinski definition) is 1. The molecular formula is C12H12N4O3S. The Bertz CT molecular complexity index is 758. The molecule has 3 aromatic heterocycles. The van der Waals surface area contributed by atoms with Crippen LogP contribution in [-0.2, 0) is 6.54 Å². The number of hydrogen-bond acceptors (Lipinski definition) is 5. The lowest BCUT2D eigenvalue weighted by Crippen LogP contribution is -2.02. The molecule has 3 aromatic rings. The van der Waals surface area contributed by atoms with Crippen LogP contribution in [0.3, 0.4) is 0 Å². The maximum Gasteiger partial charge on any atom is 0.358 e. The van der Waals surface area contributed by atoms with Gasteiger partial charge < -0.3 is 9.84 Å². The quantitative estimate of drug-likeness (QED) is 0.781. The van der Waals surface area contributed by atoms with E-state index in [4.69, 9.17) is 4.74 Å². The van der Waals surface area contributed by atoms with Gasteiger partial charge in [0.25, 0.3) is 5.88 Å². The fourth-order valence-electron chi connectivity index (χ4n) is 1.89. The summed E-state index contributed by atoms with van der Waals surface area (Å²) in [6.45, 7) is 2.83. The van der Waals surface area contributed by atoms with E-state index in [-0.39, 0.29) is 11.6 Å². The van der Waals surface area contributed by atoms with Gasteiger partial charge in [-0.05, 0) is 6.42 Å². The molecule has 3 heterocycles. The minimum absolute atomic E-state index is 0.0180. The zero-order valence-electron chi connectivity index (χ0n) is 10.7. The number of carboxylic acid groups (broad SMARTS) is 1. The zero-order valence-corrected chi connectivity index (χ0v) is 11.5. The van der Waals surface area contributed by atoms with Gasteiger partial charge >= 0.3 is 5.97 Å². The summed E-state index contributed by atoms with van der Waals surface area (Å²) in [4.78, 5) is 16.1. The van der Waals surface area contributed by atoms with Crippen molar-refractivity contribution in [2.24, 2.45) is 0 Å². The number of aryl methyl sites for hydroxylation is 1. The van der Waals surface area contributed by atoms with Crippen LogP contribution in [0.1, 0.15) is 23.8 Å². The Morgan fingerprint density at radius 1 is 1.55 bits per heavy atom. The zero-order chi connectivity index (χ0) is 14.1. The summed E-state index contributed by atoms with van der Waals surface area (Å²) in [5.41, 5.74) is 0.0180. The maximum atomic E-state index is 11.3. The third kappa shape index (κ3) is 2.14. The molecule has 0 aliphatic carbocycles. The molecule has 0 fully saturated rings. The molecule has 0 aliphatic heterocycles. The third-order valence-electron chi connectivity index (χ3n) is 2.71. The second kappa shape index (κ2) is 4.97. The van der Waals surface area contributed by atoms with Crippen LogP contribution in [0.25, 0.3) is 4.96 Å². The molecule has 0 saturated heterocycles. The van der Waals surface area contributed by atoms with Crippen LogP contribution in [0.15, 0.2) is 24.0 Å². The highest BCUT2D eigenvalue weighted by Gasteiger charge is 2.21. The van der Waals surface area contributed by atoms with Gasteiger partial charge in [-0.15, -0.1) is 11.3 Å². The topological polar surface area (TPSA) is 81.7 Å². The number of thiazole rings is 1. The minimum Gasteiger partial charge on any atom is -0.476 e. The Morgan fingerprint density at radius 2 is 2.40 bits per heavy atom. The van der Waals surface area contributed by atoms with Gasteiger partial charge in [0.15, 0.2) is 16.4 Å². The summed E-state index contributed by atoms with van der Waals surface area (Å²) < 4.78 is 8.79. The van der Waals surface area contributed by atoms with E-state index in [9.17, 15) is 9.90 Å². The standard InChI is InChI=1S/C12H12N4O3S/c1-2-3-15-7-8(6-13-15)19-10-9(11(17)18)16-4-5-20-12(16)14-10/h4-7H,2-3H2,1H3,(H,17,18). The molecule has 0 aliphatic rings. The van der Waals surface area contributed by atoms with E-state index in [0.29, 0.717) is 10.7 Å². The monoisotopic (exact) mass is 292 g/mol. The normalized spacial score (nSPS) is 11.1. The summed E-state index contributed by atoms with van der Waals surface area (Å²) in [6, 6.07) is 0. The van der Waals surface area contributed by atoms with Crippen LogP contribution in [-0.4, -0.2) is 30.2 Å². The number of carbonyl (C=O) groups is 1. The van der Waals surface area contributed by atoms with Gasteiger partial charge in [-0.1, -0.05) is 6.92 Å². The van der Waals surface area contributed by atoms with Crippen molar-refractivity contribution in [2.45, 2.75) is 19.9 Å². The first kappa shape index (κ1) is 12.7. The molecular weight excluding hydrogens is 280 g/mol. The van der Waals surface area contributed by atoms with Crippen molar-refractivity contribution >= 4 is 22.3 Å². The fraction of sp³-hybridized carbons (Fsp3) is 0.250. The SMILES string of the molecule is CCCn1cc(Oc2nc3sccn3c2C(=O)O)cn1. The van der Waals surface area contributed by atoms with Crippen molar-refractivity contribution in [3.63, 3.8) is 0 Å². The molecule has 3 rings (SSSR count). The van der Waals surface area contributed by atoms with Crippen LogP contribution in [0.5, 0.6) is 11.6 Å². The van der Waals surface area contributed by atoms with Crippen LogP contribution >= 0.6 is 11.3 Å². The Balaban J connectivity index is 1.94. The number of carboxylic acids is 1. The van der Waals surface area contributed by atoms with E-state index in [2.05, 4.69) is 10.1 Å². The van der Waals surface area contributed by atoms with Gasteiger partial charge in [0.05, 0.1) is 12.4 Å². The smallest absolute Gasteiger partial charge is 0.358 e. The second-order valence-corrected chi connectivity index (χ2v) is 5.04. The largest absolute Gasteiger partial charge is 0.476 e. The van der Waals surface area contributed by atoms with Crippen molar-refractivity contribution in [1.29, 1.82) is 0 Å². The molecule has 0 radical (unpaired) electrons. The number of nitrogens with zero attached hydrogens (tertiary/aromatic N) is 4. The molecule has 20 heavy (non-hydrogen) atoms. The van der Waals surface area contributed by atoms with Gasteiger partial charge in [0, 0.05) is 18.1 Å². The molecule has 7 nitrogen and oxygen atoms in total. The average molecular weight is 292 g/mol. The molecule has 1 N–H and O–H groups in total. The van der Waals surface area contributed by atoms with Crippen LogP contribution < -0.4 is 4.74 Å². The van der Waals surface area contributed by atoms with Gasteiger partial charge in [0.2, 0.25) is 0 Å². The van der Waals surface area contributed by atoms with Crippen LogP contribution in [0.4, 0.5) is 0 Å². The Morgan fingerprint density at radius 3 is 3.15 bits per heavy atom. The van der Waals surface area contributed by atoms with Crippen LogP contribution in [0.2, 0.25) is 0 Å². The van der Waals surface area contributed by atoms with Crippen LogP contribution in [0, 0.1) is 0 Å². The fourth-order valence-corrected chi connectivity index (χ4v) is 2.60. The molecule has 0 unspecified atom stereocenters. The Labute approximate surface area is 118 Å². The average Bonchev–Trinajstić information content (AvgIpc) is 3.05. The van der Waals surface area contributed by atoms with Gasteiger partial charge in [0.1, 0.15) is 0 Å². The molecule has 0 spiro atoms. The van der Waals surface area contributed by atoms with E-state index in [1.54, 1.807) is 28.7 Å². The third-order valence-corrected chi connectivity index (χ3v) is 3.47. The molecule has 0 atom stereocenters. The number of aromatic nitrogens is 4. The number of fused-ring (bicyclic) bond motifs is 1. The number of aromatic carboxylic acids is 1. The predicted octanol–water partition coefficient (Wildman–Crippen LogP) is 2.49. The van der Waals surface area contributed by atoms with Gasteiger partial charge in [-0.3, -0.25) is 9.08 Å². The molecule has 0 bridgehead atoms. The van der Waals surface area contributed by atoms with Crippen molar-refractivity contribution in [3.05, 3.63) is 29.7 Å². The second-order valence-electron chi connectivity index (χ2n) is 4.17. The lowest BCUT2D eigenvalue weighted by Gasteiger charge is -2.00. The van der Waals surface area contributed by atoms with Crippen molar-refractivity contribution in [3.8, 4) is 11.6 Å². The lowest BCUT2D eigenvalue weighted by atomic mass is 10.4. The van der Waals surface area contributed by atoms with E-state index in [1.807, 2.05) is 6.92 Å². The van der Waals surface area contributed by atoms with E-state index in [1.165, 1.54) is 15.7 Å². The van der Waals surface area contributed by atoms with Crippen molar-refractivity contribution < 1.29 is 14.6 Å². The number of rotatable bonds is 5. The molecule has 0 saturated carbocycles. The molecule has 0 aromatic carbocycles. The van der Waals surface area contributed by atoms with E-state index >= 15 is 0 Å². The van der Waals surface area contributed by atoms with E-state index < -0.39 is 5.97 Å². The predicted molar refractivity (Wildman–Crippen MR) is 72.6 cm³/mol. The van der Waals surface area contributed by atoms with Crippen molar-refractivity contribution in [2.75, 3.05) is 0 Å². The van der Waals surface area contributed by atoms with Gasteiger partial charge in [-0.2, -0.15) is 10.1 Å². The van der Waals surface area contributed by atoms with Gasteiger partial charge in [-0.25, -0.2) is 4.79 Å². The first-order valence-corrected chi connectivity index (χ1v) is 6.96. The minimum atomic E-state index is -1.08. The highest BCUT2D eigenvalue weighted by Crippen LogP contribution is 2.27. The Hall–Kier alpha value is -2.35. The summed E-state index contributed by atoms with van der Waals surface area (Å²) >= 11 is 1.35. The first-order chi connectivity index (χ1) is 9.69. The maximum absolute atomic E-state index is 11.3. The molecule has 8 heteroatoms. The number of ether oxygens (including phenoxy) is 1.